The molecule has 2 saturated carbocycles. The maximum absolute atomic E-state index is 13.0. The second-order valence-corrected chi connectivity index (χ2v) is 8.79. The Labute approximate surface area is 135 Å². The van der Waals surface area contributed by atoms with Crippen LogP contribution in [0.3, 0.4) is 0 Å². The molecule has 2 aliphatic rings. The molecule has 2 heteroatoms. The van der Waals surface area contributed by atoms with Gasteiger partial charge in [-0.2, -0.15) is 0 Å². The Balaban J connectivity index is 2.38. The summed E-state index contributed by atoms with van der Waals surface area (Å²) < 4.78 is 0. The zero-order valence-corrected chi connectivity index (χ0v) is 14.9. The van der Waals surface area contributed by atoms with Crippen LogP contribution in [0.1, 0.15) is 66.7 Å². The largest absolute Gasteiger partial charge is 0.299 e. The molecule has 0 N–H and O–H groups in total. The number of ketones is 2. The number of carbonyl (C=O) groups excluding carboxylic acids is 2. The van der Waals surface area contributed by atoms with Crippen LogP contribution in [0.5, 0.6) is 0 Å². The molecule has 0 aliphatic heterocycles. The van der Waals surface area contributed by atoms with Crippen LogP contribution >= 0.6 is 0 Å². The molecule has 0 saturated heterocycles. The van der Waals surface area contributed by atoms with Crippen LogP contribution in [0.25, 0.3) is 0 Å². The van der Waals surface area contributed by atoms with E-state index >= 15 is 0 Å². The zero-order chi connectivity index (χ0) is 16.7. The number of hydrogen-bond donors (Lipinski definition) is 0. The van der Waals surface area contributed by atoms with Gasteiger partial charge < -0.3 is 0 Å². The lowest BCUT2D eigenvalue weighted by atomic mass is 9.45. The van der Waals surface area contributed by atoms with E-state index in [0.29, 0.717) is 24.4 Å². The van der Waals surface area contributed by atoms with Crippen molar-refractivity contribution >= 4 is 11.6 Å². The maximum atomic E-state index is 13.0. The summed E-state index contributed by atoms with van der Waals surface area (Å²) in [4.78, 5) is 25.8. The second-order valence-electron chi connectivity index (χ2n) is 8.79. The summed E-state index contributed by atoms with van der Waals surface area (Å²) in [5.41, 5.74) is -0.138. The van der Waals surface area contributed by atoms with E-state index in [-0.39, 0.29) is 34.5 Å². The van der Waals surface area contributed by atoms with E-state index in [2.05, 4.69) is 34.3 Å². The average Bonchev–Trinajstić information content (AvgIpc) is 2.35. The smallest absolute Gasteiger partial charge is 0.137 e. The lowest BCUT2D eigenvalue weighted by Crippen LogP contribution is -2.57. The highest BCUT2D eigenvalue weighted by atomic mass is 16.1. The highest BCUT2D eigenvalue weighted by molar-refractivity contribution is 5.90. The summed E-state index contributed by atoms with van der Waals surface area (Å²) in [5.74, 6) is 1.19. The van der Waals surface area contributed by atoms with Crippen molar-refractivity contribution in [3.8, 4) is 0 Å². The number of Topliss-reactive ketones (excluding diaryl/α,β-unsaturated/α-hetero) is 2. The van der Waals surface area contributed by atoms with Crippen molar-refractivity contribution in [2.75, 3.05) is 0 Å². The third kappa shape index (κ3) is 2.81. The minimum absolute atomic E-state index is 0.0206. The van der Waals surface area contributed by atoms with E-state index in [1.807, 2.05) is 13.0 Å². The molecule has 2 aliphatic carbocycles. The Morgan fingerprint density at radius 3 is 2.59 bits per heavy atom. The van der Waals surface area contributed by atoms with Crippen molar-refractivity contribution in [1.29, 1.82) is 0 Å². The molecular formula is C20H32O2. The Kier molecular flexibility index (Phi) is 4.71. The average molecular weight is 304 g/mol. The van der Waals surface area contributed by atoms with Gasteiger partial charge in [0.25, 0.3) is 0 Å². The number of hydrogen-bond acceptors (Lipinski definition) is 2. The molecule has 0 amide bonds. The van der Waals surface area contributed by atoms with Crippen molar-refractivity contribution in [3.05, 3.63) is 12.7 Å². The van der Waals surface area contributed by atoms with Crippen molar-refractivity contribution < 1.29 is 9.59 Å². The fourth-order valence-electron chi connectivity index (χ4n) is 5.66. The Morgan fingerprint density at radius 1 is 1.36 bits per heavy atom. The zero-order valence-electron chi connectivity index (χ0n) is 14.9. The molecule has 0 bridgehead atoms. The van der Waals surface area contributed by atoms with E-state index in [4.69, 9.17) is 0 Å². The number of allylic oxidation sites excluding steroid dienone is 1. The molecule has 124 valence electrons. The van der Waals surface area contributed by atoms with Gasteiger partial charge in [-0.3, -0.25) is 9.59 Å². The van der Waals surface area contributed by atoms with Gasteiger partial charge in [-0.05, 0) is 35.5 Å². The molecule has 2 nitrogen and oxygen atoms in total. The highest BCUT2D eigenvalue weighted by Gasteiger charge is 2.59. The molecule has 0 radical (unpaired) electrons. The summed E-state index contributed by atoms with van der Waals surface area (Å²) in [5, 5.41) is 0. The number of carbonyl (C=O) groups is 2. The first-order valence-corrected chi connectivity index (χ1v) is 8.81. The summed E-state index contributed by atoms with van der Waals surface area (Å²) >= 11 is 0. The van der Waals surface area contributed by atoms with E-state index in [9.17, 15) is 9.59 Å². The SMILES string of the molecule is C=C[C@@H](C)CC(=O)[C@H]1[C@@H](C)CC(=O)[C@H]2C(C)(C)CCC[C@]12C. The molecule has 0 unspecified atom stereocenters. The predicted molar refractivity (Wildman–Crippen MR) is 90.5 cm³/mol. The molecule has 0 aromatic rings. The van der Waals surface area contributed by atoms with Gasteiger partial charge in [-0.1, -0.05) is 47.1 Å². The van der Waals surface area contributed by atoms with Gasteiger partial charge in [-0.25, -0.2) is 0 Å². The minimum atomic E-state index is -0.158. The Morgan fingerprint density at radius 2 is 2.00 bits per heavy atom. The topological polar surface area (TPSA) is 34.1 Å². The quantitative estimate of drug-likeness (QED) is 0.697. The van der Waals surface area contributed by atoms with Gasteiger partial charge in [0.2, 0.25) is 0 Å². The van der Waals surface area contributed by atoms with E-state index in [1.54, 1.807) is 0 Å². The fraction of sp³-hybridized carbons (Fsp3) is 0.800. The van der Waals surface area contributed by atoms with Gasteiger partial charge >= 0.3 is 0 Å². The summed E-state index contributed by atoms with van der Waals surface area (Å²) in [6.45, 7) is 14.6. The van der Waals surface area contributed by atoms with Crippen LogP contribution in [-0.2, 0) is 9.59 Å². The van der Waals surface area contributed by atoms with Gasteiger partial charge in [0, 0.05) is 24.7 Å². The Bertz CT molecular complexity index is 476. The molecule has 0 heterocycles. The van der Waals surface area contributed by atoms with Crippen LogP contribution in [0, 0.1) is 34.5 Å². The van der Waals surface area contributed by atoms with Gasteiger partial charge in [0.15, 0.2) is 0 Å². The second kappa shape index (κ2) is 5.94. The van der Waals surface area contributed by atoms with Gasteiger partial charge in [0.1, 0.15) is 11.6 Å². The first kappa shape index (κ1) is 17.4. The standard InChI is InChI=1S/C20H32O2/c1-7-13(2)11-15(21)17-14(3)12-16(22)18-19(4,5)9-8-10-20(17,18)6/h7,13-14,17-18H,1,8-12H2,2-6H3/t13-,14+,17-,18+,20-/m1/s1. The molecule has 2 rings (SSSR count). The molecule has 2 fully saturated rings. The first-order chi connectivity index (χ1) is 10.1. The summed E-state index contributed by atoms with van der Waals surface area (Å²) in [7, 11) is 0. The summed E-state index contributed by atoms with van der Waals surface area (Å²) in [6, 6.07) is 0. The van der Waals surface area contributed by atoms with Crippen LogP contribution in [0.4, 0.5) is 0 Å². The van der Waals surface area contributed by atoms with Crippen molar-refractivity contribution in [2.45, 2.75) is 66.7 Å². The van der Waals surface area contributed by atoms with Crippen molar-refractivity contribution in [1.82, 2.24) is 0 Å². The van der Waals surface area contributed by atoms with Crippen LogP contribution in [-0.4, -0.2) is 11.6 Å². The predicted octanol–water partition coefficient (Wildman–Crippen LogP) is 4.83. The molecular weight excluding hydrogens is 272 g/mol. The summed E-state index contributed by atoms with van der Waals surface area (Å²) in [6.07, 6.45) is 6.23. The lowest BCUT2D eigenvalue weighted by molar-refractivity contribution is -0.159. The van der Waals surface area contributed by atoms with Crippen molar-refractivity contribution in [3.63, 3.8) is 0 Å². The van der Waals surface area contributed by atoms with Crippen LogP contribution in [0.15, 0.2) is 12.7 Å². The van der Waals surface area contributed by atoms with Gasteiger partial charge in [0.05, 0.1) is 0 Å². The van der Waals surface area contributed by atoms with E-state index in [0.717, 1.165) is 19.3 Å². The Hall–Kier alpha value is -0.920. The van der Waals surface area contributed by atoms with Crippen molar-refractivity contribution in [2.24, 2.45) is 34.5 Å². The lowest BCUT2D eigenvalue weighted by Gasteiger charge is -2.57. The number of rotatable bonds is 4. The molecule has 0 aromatic carbocycles. The molecule has 0 aromatic heterocycles. The maximum Gasteiger partial charge on any atom is 0.137 e. The fourth-order valence-corrected chi connectivity index (χ4v) is 5.66. The van der Waals surface area contributed by atoms with Crippen LogP contribution in [0.2, 0.25) is 0 Å². The van der Waals surface area contributed by atoms with Gasteiger partial charge in [-0.15, -0.1) is 6.58 Å². The third-order valence-electron chi connectivity index (χ3n) is 6.37. The normalized spacial score (nSPS) is 39.0. The van der Waals surface area contributed by atoms with E-state index < -0.39 is 0 Å². The third-order valence-corrected chi connectivity index (χ3v) is 6.37. The molecule has 22 heavy (non-hydrogen) atoms. The highest BCUT2D eigenvalue weighted by Crippen LogP contribution is 2.60. The van der Waals surface area contributed by atoms with E-state index in [1.165, 1.54) is 0 Å². The molecule has 5 atom stereocenters. The minimum Gasteiger partial charge on any atom is -0.299 e. The van der Waals surface area contributed by atoms with Crippen LogP contribution < -0.4 is 0 Å². The monoisotopic (exact) mass is 304 g/mol. The number of fused-ring (bicyclic) bond motifs is 1. The first-order valence-electron chi connectivity index (χ1n) is 8.81. The molecule has 0 spiro atoms.